The summed E-state index contributed by atoms with van der Waals surface area (Å²) in [7, 11) is 0. The highest BCUT2D eigenvalue weighted by Gasteiger charge is 2.31. The normalized spacial score (nSPS) is 16.3. The van der Waals surface area contributed by atoms with Crippen LogP contribution in [0.5, 0.6) is 5.75 Å². The van der Waals surface area contributed by atoms with Crippen LogP contribution >= 0.6 is 0 Å². The first-order valence-electron chi connectivity index (χ1n) is 8.18. The van der Waals surface area contributed by atoms with Gasteiger partial charge in [0.1, 0.15) is 11.5 Å². The molecule has 1 heterocycles. The van der Waals surface area contributed by atoms with Crippen molar-refractivity contribution in [3.63, 3.8) is 0 Å². The van der Waals surface area contributed by atoms with E-state index in [0.29, 0.717) is 0 Å². The van der Waals surface area contributed by atoms with Crippen LogP contribution in [-0.2, 0) is 0 Å². The molecule has 4 aromatic rings. The Balaban J connectivity index is 1.77. The van der Waals surface area contributed by atoms with E-state index in [-0.39, 0.29) is 5.92 Å². The molecule has 1 aliphatic rings. The summed E-state index contributed by atoms with van der Waals surface area (Å²) in [6, 6.07) is 27.7. The Morgan fingerprint density at radius 3 is 2.29 bits per heavy atom. The summed E-state index contributed by atoms with van der Waals surface area (Å²) in [5.74, 6) is 1.81. The van der Waals surface area contributed by atoms with E-state index in [1.807, 2.05) is 0 Å². The van der Waals surface area contributed by atoms with E-state index in [1.54, 1.807) is 0 Å². The van der Waals surface area contributed by atoms with Gasteiger partial charge in [-0.25, -0.2) is 0 Å². The molecule has 4 aromatic carbocycles. The molecule has 0 saturated carbocycles. The summed E-state index contributed by atoms with van der Waals surface area (Å²) < 4.78 is 6.00. The largest absolute Gasteiger partial charge is 0.461 e. The van der Waals surface area contributed by atoms with Crippen molar-refractivity contribution < 1.29 is 4.74 Å². The monoisotopic (exact) mass is 308 g/mol. The molecule has 0 spiro atoms. The molecule has 1 nitrogen and oxygen atoms in total. The molecule has 0 N–H and O–H groups in total. The summed E-state index contributed by atoms with van der Waals surface area (Å²) >= 11 is 0. The molecule has 1 atom stereocenters. The topological polar surface area (TPSA) is 9.23 Å². The van der Waals surface area contributed by atoms with Crippen LogP contribution in [0.3, 0.4) is 0 Å². The molecule has 1 heteroatoms. The molecule has 1 aliphatic heterocycles. The maximum absolute atomic E-state index is 6.00. The highest BCUT2D eigenvalue weighted by molar-refractivity contribution is 5.91. The first-order chi connectivity index (χ1) is 11.8. The third kappa shape index (κ3) is 1.88. The van der Waals surface area contributed by atoms with Gasteiger partial charge >= 0.3 is 0 Å². The number of ether oxygens (including phenoxy) is 1. The molecule has 0 radical (unpaired) electrons. The van der Waals surface area contributed by atoms with Crippen molar-refractivity contribution in [2.24, 2.45) is 0 Å². The van der Waals surface area contributed by atoms with Crippen LogP contribution < -0.4 is 4.74 Å². The Kier molecular flexibility index (Phi) is 2.77. The lowest BCUT2D eigenvalue weighted by Crippen LogP contribution is -2.00. The first kappa shape index (κ1) is 13.4. The van der Waals surface area contributed by atoms with Gasteiger partial charge in [0, 0.05) is 5.56 Å². The molecule has 24 heavy (non-hydrogen) atoms. The molecule has 0 aromatic heterocycles. The fourth-order valence-electron chi connectivity index (χ4n) is 3.76. The van der Waals surface area contributed by atoms with E-state index in [0.717, 1.165) is 11.5 Å². The van der Waals surface area contributed by atoms with Gasteiger partial charge in [-0.1, -0.05) is 79.4 Å². The van der Waals surface area contributed by atoms with Gasteiger partial charge in [0.15, 0.2) is 0 Å². The third-order valence-electron chi connectivity index (χ3n) is 4.89. The van der Waals surface area contributed by atoms with Crippen LogP contribution in [0.1, 0.15) is 17.0 Å². The fourth-order valence-corrected chi connectivity index (χ4v) is 3.76. The maximum atomic E-state index is 6.00. The number of benzene rings is 4. The minimum Gasteiger partial charge on any atom is -0.461 e. The Labute approximate surface area is 140 Å². The van der Waals surface area contributed by atoms with E-state index < -0.39 is 0 Å². The third-order valence-corrected chi connectivity index (χ3v) is 4.89. The number of hydrogen-bond acceptors (Lipinski definition) is 1. The number of allylic oxidation sites excluding steroid dienone is 1. The van der Waals surface area contributed by atoms with Crippen molar-refractivity contribution in [3.8, 4) is 5.75 Å². The maximum Gasteiger partial charge on any atom is 0.131 e. The Morgan fingerprint density at radius 1 is 0.708 bits per heavy atom. The Morgan fingerprint density at radius 2 is 1.42 bits per heavy atom. The Hall–Kier alpha value is -3.06. The molecule has 0 aliphatic carbocycles. The van der Waals surface area contributed by atoms with Gasteiger partial charge in [-0.15, -0.1) is 0 Å². The molecule has 5 rings (SSSR count). The van der Waals surface area contributed by atoms with Crippen LogP contribution in [-0.4, -0.2) is 0 Å². The minimum atomic E-state index is 0.0794. The second-order valence-corrected chi connectivity index (χ2v) is 6.31. The lowest BCUT2D eigenvalue weighted by Gasteiger charge is -2.13. The zero-order chi connectivity index (χ0) is 16.1. The molecule has 114 valence electrons. The first-order valence-corrected chi connectivity index (χ1v) is 8.18. The van der Waals surface area contributed by atoms with E-state index in [2.05, 4.69) is 85.4 Å². The highest BCUT2D eigenvalue weighted by atomic mass is 16.5. The predicted octanol–water partition coefficient (Wildman–Crippen LogP) is 6.03. The van der Waals surface area contributed by atoms with Crippen LogP contribution in [0.15, 0.2) is 91.2 Å². The van der Waals surface area contributed by atoms with Gasteiger partial charge in [0.05, 0.1) is 5.92 Å². The summed E-state index contributed by atoms with van der Waals surface area (Å²) in [6.45, 7) is 4.19. The van der Waals surface area contributed by atoms with E-state index in [4.69, 9.17) is 4.74 Å². The smallest absolute Gasteiger partial charge is 0.131 e. The van der Waals surface area contributed by atoms with Gasteiger partial charge in [-0.05, 0) is 33.2 Å². The second kappa shape index (κ2) is 4.97. The number of rotatable bonds is 1. The molecular weight excluding hydrogens is 292 g/mol. The van der Waals surface area contributed by atoms with Crippen molar-refractivity contribution in [3.05, 3.63) is 102 Å². The fraction of sp³-hybridized carbons (Fsp3) is 0.0435. The standard InChI is InChI=1S/C23H16O/c1-15-22(19-11-10-16-6-2-3-8-18(16)14-19)23-20-9-5-4-7-17(20)12-13-21(23)24-15/h2-14,22H,1H2. The highest BCUT2D eigenvalue weighted by Crippen LogP contribution is 2.47. The van der Waals surface area contributed by atoms with Gasteiger partial charge in [0.2, 0.25) is 0 Å². The van der Waals surface area contributed by atoms with Crippen LogP contribution in [0.4, 0.5) is 0 Å². The van der Waals surface area contributed by atoms with Gasteiger partial charge < -0.3 is 4.74 Å². The molecular formula is C23H16O. The Bertz CT molecular complexity index is 1110. The van der Waals surface area contributed by atoms with Crippen molar-refractivity contribution >= 4 is 21.5 Å². The lowest BCUT2D eigenvalue weighted by atomic mass is 9.87. The predicted molar refractivity (Wildman–Crippen MR) is 99.5 cm³/mol. The summed E-state index contributed by atoms with van der Waals surface area (Å²) in [5, 5.41) is 4.98. The minimum absolute atomic E-state index is 0.0794. The van der Waals surface area contributed by atoms with Gasteiger partial charge in [-0.2, -0.15) is 0 Å². The van der Waals surface area contributed by atoms with Gasteiger partial charge in [-0.3, -0.25) is 0 Å². The summed E-state index contributed by atoms with van der Waals surface area (Å²) in [4.78, 5) is 0. The average molecular weight is 308 g/mol. The van der Waals surface area contributed by atoms with E-state index in [9.17, 15) is 0 Å². The van der Waals surface area contributed by atoms with Crippen molar-refractivity contribution in [1.82, 2.24) is 0 Å². The summed E-state index contributed by atoms with van der Waals surface area (Å²) in [5.41, 5.74) is 2.46. The number of fused-ring (bicyclic) bond motifs is 4. The van der Waals surface area contributed by atoms with Crippen molar-refractivity contribution in [1.29, 1.82) is 0 Å². The van der Waals surface area contributed by atoms with Crippen LogP contribution in [0.25, 0.3) is 21.5 Å². The SMILES string of the molecule is C=C1Oc2ccc3ccccc3c2C1c1ccc2ccccc2c1. The lowest BCUT2D eigenvalue weighted by molar-refractivity contribution is 0.439. The van der Waals surface area contributed by atoms with Gasteiger partial charge in [0.25, 0.3) is 0 Å². The number of hydrogen-bond donors (Lipinski definition) is 0. The van der Waals surface area contributed by atoms with E-state index in [1.165, 1.54) is 32.7 Å². The molecule has 0 amide bonds. The zero-order valence-electron chi connectivity index (χ0n) is 13.2. The molecule has 0 bridgehead atoms. The summed E-state index contributed by atoms with van der Waals surface area (Å²) in [6.07, 6.45) is 0. The second-order valence-electron chi connectivity index (χ2n) is 6.31. The zero-order valence-corrected chi connectivity index (χ0v) is 13.2. The van der Waals surface area contributed by atoms with E-state index >= 15 is 0 Å². The van der Waals surface area contributed by atoms with Crippen molar-refractivity contribution in [2.45, 2.75) is 5.92 Å². The molecule has 0 fully saturated rings. The van der Waals surface area contributed by atoms with Crippen LogP contribution in [0.2, 0.25) is 0 Å². The molecule has 1 unspecified atom stereocenters. The molecule has 0 saturated heterocycles. The quantitative estimate of drug-likeness (QED) is 0.417. The average Bonchev–Trinajstić information content (AvgIpc) is 2.97. The van der Waals surface area contributed by atoms with Crippen molar-refractivity contribution in [2.75, 3.05) is 0 Å². The van der Waals surface area contributed by atoms with Crippen LogP contribution in [0, 0.1) is 0 Å².